The second-order valence-electron chi connectivity index (χ2n) is 5.16. The van der Waals surface area contributed by atoms with Crippen LogP contribution in [0, 0.1) is 6.92 Å². The topological polar surface area (TPSA) is 95.0 Å². The highest BCUT2D eigenvalue weighted by Crippen LogP contribution is 2.29. The van der Waals surface area contributed by atoms with Gasteiger partial charge in [0.1, 0.15) is 5.82 Å². The Bertz CT molecular complexity index is 484. The number of anilines is 1. The van der Waals surface area contributed by atoms with Crippen LogP contribution < -0.4 is 10.6 Å². The maximum Gasteiger partial charge on any atom is 0.173 e. The Hall–Kier alpha value is -1.82. The molecular weight excluding hydrogens is 256 g/mol. The molecule has 20 heavy (non-hydrogen) atoms. The molecule has 4 N–H and O–H groups in total. The van der Waals surface area contributed by atoms with Gasteiger partial charge < -0.3 is 20.9 Å². The second kappa shape index (κ2) is 6.56. The standard InChI is InChI=1S/C14H22N4O2/c1-10-6-7-12(13(15)17-20)14(16-10)18(8-9-19)11-4-2-3-5-11/h6-7,11,19-20H,2-5,8-9H2,1H3,(H2,15,17). The third-order valence-corrected chi connectivity index (χ3v) is 3.78. The predicted octanol–water partition coefficient (Wildman–Crippen LogP) is 1.23. The molecule has 1 aliphatic carbocycles. The Balaban J connectivity index is 2.42. The van der Waals surface area contributed by atoms with Gasteiger partial charge in [-0.2, -0.15) is 0 Å². The summed E-state index contributed by atoms with van der Waals surface area (Å²) >= 11 is 0. The molecule has 0 radical (unpaired) electrons. The number of aromatic nitrogens is 1. The SMILES string of the molecule is Cc1ccc(C(N)=NO)c(N(CCO)C2CCCC2)n1. The second-order valence-corrected chi connectivity index (χ2v) is 5.16. The molecule has 0 bridgehead atoms. The molecule has 0 aliphatic heterocycles. The largest absolute Gasteiger partial charge is 0.409 e. The fraction of sp³-hybridized carbons (Fsp3) is 0.571. The van der Waals surface area contributed by atoms with Gasteiger partial charge >= 0.3 is 0 Å². The molecular formula is C14H22N4O2. The van der Waals surface area contributed by atoms with Gasteiger partial charge in [-0.15, -0.1) is 0 Å². The number of oxime groups is 1. The van der Waals surface area contributed by atoms with E-state index in [4.69, 9.17) is 10.9 Å². The molecule has 1 aromatic heterocycles. The van der Waals surface area contributed by atoms with Crippen LogP contribution in [0.4, 0.5) is 5.82 Å². The van der Waals surface area contributed by atoms with Gasteiger partial charge in [0.15, 0.2) is 5.84 Å². The van der Waals surface area contributed by atoms with Crippen LogP contribution in [0.25, 0.3) is 0 Å². The molecule has 1 saturated carbocycles. The molecule has 0 saturated heterocycles. The van der Waals surface area contributed by atoms with E-state index in [2.05, 4.69) is 15.0 Å². The minimum Gasteiger partial charge on any atom is -0.409 e. The van der Waals surface area contributed by atoms with E-state index < -0.39 is 0 Å². The van der Waals surface area contributed by atoms with E-state index in [0.717, 1.165) is 18.5 Å². The summed E-state index contributed by atoms with van der Waals surface area (Å²) in [6, 6.07) is 4.01. The number of hydrogen-bond donors (Lipinski definition) is 3. The fourth-order valence-electron chi connectivity index (χ4n) is 2.80. The fourth-order valence-corrected chi connectivity index (χ4v) is 2.80. The van der Waals surface area contributed by atoms with Gasteiger partial charge in [-0.05, 0) is 31.9 Å². The monoisotopic (exact) mass is 278 g/mol. The van der Waals surface area contributed by atoms with Crippen LogP contribution in [0.1, 0.15) is 36.9 Å². The summed E-state index contributed by atoms with van der Waals surface area (Å²) in [5, 5.41) is 21.3. The van der Waals surface area contributed by atoms with E-state index in [-0.39, 0.29) is 12.4 Å². The number of aliphatic hydroxyl groups is 1. The van der Waals surface area contributed by atoms with Crippen LogP contribution in [-0.4, -0.2) is 40.3 Å². The molecule has 6 heteroatoms. The molecule has 110 valence electrons. The van der Waals surface area contributed by atoms with Crippen LogP contribution >= 0.6 is 0 Å². The molecule has 2 rings (SSSR count). The first-order chi connectivity index (χ1) is 9.67. The number of rotatable bonds is 5. The average molecular weight is 278 g/mol. The zero-order chi connectivity index (χ0) is 14.5. The van der Waals surface area contributed by atoms with E-state index in [1.165, 1.54) is 12.8 Å². The Morgan fingerprint density at radius 2 is 2.15 bits per heavy atom. The summed E-state index contributed by atoms with van der Waals surface area (Å²) in [4.78, 5) is 6.64. The van der Waals surface area contributed by atoms with Gasteiger partial charge in [0.2, 0.25) is 0 Å². The highest BCUT2D eigenvalue weighted by molar-refractivity contribution is 6.01. The van der Waals surface area contributed by atoms with Crippen molar-refractivity contribution in [3.63, 3.8) is 0 Å². The molecule has 6 nitrogen and oxygen atoms in total. The summed E-state index contributed by atoms with van der Waals surface area (Å²) in [6.45, 7) is 2.47. The van der Waals surface area contributed by atoms with Crippen molar-refractivity contribution in [2.75, 3.05) is 18.1 Å². The molecule has 0 spiro atoms. The lowest BCUT2D eigenvalue weighted by Gasteiger charge is -2.31. The molecule has 0 aromatic carbocycles. The zero-order valence-corrected chi connectivity index (χ0v) is 11.8. The van der Waals surface area contributed by atoms with Gasteiger partial charge in [-0.3, -0.25) is 0 Å². The quantitative estimate of drug-likeness (QED) is 0.326. The van der Waals surface area contributed by atoms with Crippen molar-refractivity contribution in [2.45, 2.75) is 38.6 Å². The van der Waals surface area contributed by atoms with Crippen molar-refractivity contribution < 1.29 is 10.3 Å². The average Bonchev–Trinajstić information content (AvgIpc) is 2.97. The van der Waals surface area contributed by atoms with Crippen LogP contribution in [0.15, 0.2) is 17.3 Å². The smallest absolute Gasteiger partial charge is 0.173 e. The molecule has 1 fully saturated rings. The van der Waals surface area contributed by atoms with Crippen LogP contribution in [0.3, 0.4) is 0 Å². The minimum absolute atomic E-state index is 0.0495. The molecule has 1 heterocycles. The first-order valence-corrected chi connectivity index (χ1v) is 7.00. The number of aryl methyl sites for hydroxylation is 1. The Kier molecular flexibility index (Phi) is 4.79. The van der Waals surface area contributed by atoms with Crippen LogP contribution in [0.5, 0.6) is 0 Å². The summed E-state index contributed by atoms with van der Waals surface area (Å²) in [6.07, 6.45) is 4.56. The van der Waals surface area contributed by atoms with Gasteiger partial charge in [0, 0.05) is 18.3 Å². The van der Waals surface area contributed by atoms with E-state index in [1.54, 1.807) is 0 Å². The van der Waals surface area contributed by atoms with Gasteiger partial charge in [-0.25, -0.2) is 4.98 Å². The number of nitrogens with two attached hydrogens (primary N) is 1. The van der Waals surface area contributed by atoms with Crippen molar-refractivity contribution in [1.82, 2.24) is 4.98 Å². The number of hydrogen-bond acceptors (Lipinski definition) is 5. The van der Waals surface area contributed by atoms with E-state index in [1.807, 2.05) is 19.1 Å². The lowest BCUT2D eigenvalue weighted by molar-refractivity contribution is 0.296. The Morgan fingerprint density at radius 1 is 1.45 bits per heavy atom. The van der Waals surface area contributed by atoms with E-state index in [9.17, 15) is 5.11 Å². The van der Waals surface area contributed by atoms with Crippen molar-refractivity contribution in [3.05, 3.63) is 23.4 Å². The summed E-state index contributed by atoms with van der Waals surface area (Å²) < 4.78 is 0. The zero-order valence-electron chi connectivity index (χ0n) is 11.8. The number of pyridine rings is 1. The third-order valence-electron chi connectivity index (χ3n) is 3.78. The summed E-state index contributed by atoms with van der Waals surface area (Å²) in [5.41, 5.74) is 7.23. The number of nitrogens with zero attached hydrogens (tertiary/aromatic N) is 3. The van der Waals surface area contributed by atoms with Crippen molar-refractivity contribution in [3.8, 4) is 0 Å². The van der Waals surface area contributed by atoms with Crippen molar-refractivity contribution >= 4 is 11.7 Å². The van der Waals surface area contributed by atoms with Crippen molar-refractivity contribution in [2.24, 2.45) is 10.9 Å². The van der Waals surface area contributed by atoms with Crippen LogP contribution in [-0.2, 0) is 0 Å². The molecule has 1 aromatic rings. The maximum absolute atomic E-state index is 9.33. The predicted molar refractivity (Wildman–Crippen MR) is 78.2 cm³/mol. The maximum atomic E-state index is 9.33. The van der Waals surface area contributed by atoms with Gasteiger partial charge in [-0.1, -0.05) is 18.0 Å². The third kappa shape index (κ3) is 3.01. The summed E-state index contributed by atoms with van der Waals surface area (Å²) in [5.74, 6) is 0.745. The van der Waals surface area contributed by atoms with Gasteiger partial charge in [0.25, 0.3) is 0 Å². The molecule has 0 amide bonds. The van der Waals surface area contributed by atoms with E-state index >= 15 is 0 Å². The normalized spacial score (nSPS) is 16.6. The lowest BCUT2D eigenvalue weighted by atomic mass is 10.1. The molecule has 1 aliphatic rings. The Labute approximate surface area is 118 Å². The first-order valence-electron chi connectivity index (χ1n) is 7.00. The lowest BCUT2D eigenvalue weighted by Crippen LogP contribution is -2.38. The highest BCUT2D eigenvalue weighted by Gasteiger charge is 2.26. The minimum atomic E-state index is 0.0495. The van der Waals surface area contributed by atoms with Gasteiger partial charge in [0.05, 0.1) is 12.2 Å². The molecule has 0 unspecified atom stereocenters. The number of aliphatic hydroxyl groups excluding tert-OH is 1. The molecule has 0 atom stereocenters. The number of amidine groups is 1. The van der Waals surface area contributed by atoms with Crippen LogP contribution in [0.2, 0.25) is 0 Å². The first kappa shape index (κ1) is 14.6. The van der Waals surface area contributed by atoms with Crippen molar-refractivity contribution in [1.29, 1.82) is 0 Å². The summed E-state index contributed by atoms with van der Waals surface area (Å²) in [7, 11) is 0. The highest BCUT2D eigenvalue weighted by atomic mass is 16.4. The Morgan fingerprint density at radius 3 is 2.75 bits per heavy atom. The van der Waals surface area contributed by atoms with E-state index in [0.29, 0.717) is 24.0 Å².